The highest BCUT2D eigenvalue weighted by Gasteiger charge is 2.34. The number of carbonyl (C=O) groups excluding carboxylic acids is 1. The van der Waals surface area contributed by atoms with Crippen LogP contribution < -0.4 is 5.73 Å². The lowest BCUT2D eigenvalue weighted by molar-refractivity contribution is -0.143. The summed E-state index contributed by atoms with van der Waals surface area (Å²) in [5.41, 5.74) is 5.31. The van der Waals surface area contributed by atoms with Crippen LogP contribution in [-0.4, -0.2) is 43.2 Å². The lowest BCUT2D eigenvalue weighted by Gasteiger charge is -2.40. The van der Waals surface area contributed by atoms with Gasteiger partial charge in [0.05, 0.1) is 5.60 Å². The van der Waals surface area contributed by atoms with Gasteiger partial charge in [0, 0.05) is 26.1 Å². The van der Waals surface area contributed by atoms with E-state index in [1.54, 1.807) is 7.11 Å². The van der Waals surface area contributed by atoms with Crippen molar-refractivity contribution in [3.63, 3.8) is 0 Å². The summed E-state index contributed by atoms with van der Waals surface area (Å²) in [5, 5.41) is 0. The van der Waals surface area contributed by atoms with Crippen LogP contribution in [-0.2, 0) is 9.53 Å². The largest absolute Gasteiger partial charge is 0.377 e. The van der Waals surface area contributed by atoms with E-state index in [9.17, 15) is 4.79 Å². The number of nitrogens with zero attached hydrogens (tertiary/aromatic N) is 1. The Hall–Kier alpha value is -0.610. The van der Waals surface area contributed by atoms with Crippen molar-refractivity contribution in [1.29, 1.82) is 0 Å². The van der Waals surface area contributed by atoms with Crippen molar-refractivity contribution < 1.29 is 9.53 Å². The topological polar surface area (TPSA) is 55.6 Å². The molecule has 2 unspecified atom stereocenters. The third-order valence-electron chi connectivity index (χ3n) is 3.48. The first-order valence-corrected chi connectivity index (χ1v) is 6.06. The summed E-state index contributed by atoms with van der Waals surface area (Å²) >= 11 is 0. The summed E-state index contributed by atoms with van der Waals surface area (Å²) in [6.45, 7) is 6.15. The Kier molecular flexibility index (Phi) is 4.74. The fourth-order valence-electron chi connectivity index (χ4n) is 2.25. The van der Waals surface area contributed by atoms with Crippen molar-refractivity contribution in [3.05, 3.63) is 0 Å². The Bertz CT molecular complexity index is 245. The summed E-state index contributed by atoms with van der Waals surface area (Å²) in [5.74, 6) is 0.248. The summed E-state index contributed by atoms with van der Waals surface area (Å²) in [7, 11) is 1.72. The van der Waals surface area contributed by atoms with E-state index in [1.807, 2.05) is 11.8 Å². The normalized spacial score (nSPS) is 27.9. The number of hydrogen-bond donors (Lipinski definition) is 1. The van der Waals surface area contributed by atoms with Gasteiger partial charge in [0.2, 0.25) is 5.91 Å². The molecule has 0 aliphatic carbocycles. The van der Waals surface area contributed by atoms with E-state index in [4.69, 9.17) is 10.5 Å². The first-order chi connectivity index (χ1) is 7.52. The number of methoxy groups -OCH3 is 1. The fourth-order valence-corrected chi connectivity index (χ4v) is 2.25. The van der Waals surface area contributed by atoms with Gasteiger partial charge < -0.3 is 15.4 Å². The van der Waals surface area contributed by atoms with Crippen molar-refractivity contribution in [3.8, 4) is 0 Å². The molecule has 16 heavy (non-hydrogen) atoms. The molecule has 2 N–H and O–H groups in total. The highest BCUT2D eigenvalue weighted by Crippen LogP contribution is 2.25. The van der Waals surface area contributed by atoms with E-state index < -0.39 is 0 Å². The average molecular weight is 228 g/mol. The second-order valence-corrected chi connectivity index (χ2v) is 5.00. The fraction of sp³-hybridized carbons (Fsp3) is 0.917. The minimum absolute atomic E-state index is 0.0317. The smallest absolute Gasteiger partial charge is 0.225 e. The Labute approximate surface area is 98.1 Å². The van der Waals surface area contributed by atoms with Gasteiger partial charge in [0.15, 0.2) is 0 Å². The molecule has 1 aliphatic heterocycles. The van der Waals surface area contributed by atoms with E-state index >= 15 is 0 Å². The highest BCUT2D eigenvalue weighted by molar-refractivity contribution is 5.78. The van der Waals surface area contributed by atoms with Crippen molar-refractivity contribution in [2.75, 3.05) is 26.7 Å². The molecule has 1 aliphatic rings. The lowest BCUT2D eigenvalue weighted by Crippen LogP contribution is -2.51. The Morgan fingerprint density at radius 3 is 2.88 bits per heavy atom. The molecule has 0 radical (unpaired) electrons. The van der Waals surface area contributed by atoms with Gasteiger partial charge in [-0.2, -0.15) is 0 Å². The molecule has 0 spiro atoms. The monoisotopic (exact) mass is 228 g/mol. The van der Waals surface area contributed by atoms with Crippen LogP contribution >= 0.6 is 0 Å². The maximum atomic E-state index is 12.1. The molecule has 0 aromatic rings. The third-order valence-corrected chi connectivity index (χ3v) is 3.48. The first-order valence-electron chi connectivity index (χ1n) is 6.06. The molecule has 0 bridgehead atoms. The zero-order valence-corrected chi connectivity index (χ0v) is 10.7. The Morgan fingerprint density at radius 1 is 1.62 bits per heavy atom. The summed E-state index contributed by atoms with van der Waals surface area (Å²) < 4.78 is 5.48. The predicted molar refractivity (Wildman–Crippen MR) is 64.1 cm³/mol. The van der Waals surface area contributed by atoms with Crippen molar-refractivity contribution in [1.82, 2.24) is 4.90 Å². The summed E-state index contributed by atoms with van der Waals surface area (Å²) in [6.07, 6.45) is 2.81. The molecule has 4 nitrogen and oxygen atoms in total. The van der Waals surface area contributed by atoms with E-state index in [-0.39, 0.29) is 17.4 Å². The standard InChI is InChI=1S/C12H24N2O2/c1-10(5-7-13)11(15)14-8-4-6-12(2,9-14)16-3/h10H,4-9,13H2,1-3H3. The second kappa shape index (κ2) is 5.64. The molecule has 0 aromatic heterocycles. The predicted octanol–water partition coefficient (Wildman–Crippen LogP) is 0.999. The van der Waals surface area contributed by atoms with Crippen molar-refractivity contribution in [2.45, 2.75) is 38.7 Å². The second-order valence-electron chi connectivity index (χ2n) is 5.00. The zero-order chi connectivity index (χ0) is 12.2. The number of piperidine rings is 1. The summed E-state index contributed by atoms with van der Waals surface area (Å²) in [6, 6.07) is 0. The van der Waals surface area contributed by atoms with Crippen LogP contribution in [0.15, 0.2) is 0 Å². The number of rotatable bonds is 4. The first kappa shape index (κ1) is 13.5. The van der Waals surface area contributed by atoms with Crippen LogP contribution in [0.2, 0.25) is 0 Å². The number of likely N-dealkylation sites (tertiary alicyclic amines) is 1. The maximum Gasteiger partial charge on any atom is 0.225 e. The Morgan fingerprint density at radius 2 is 2.31 bits per heavy atom. The van der Waals surface area contributed by atoms with Gasteiger partial charge in [-0.1, -0.05) is 6.92 Å². The van der Waals surface area contributed by atoms with Gasteiger partial charge >= 0.3 is 0 Å². The summed E-state index contributed by atoms with van der Waals surface area (Å²) in [4.78, 5) is 14.0. The molecule has 1 saturated heterocycles. The molecule has 1 amide bonds. The molecule has 0 saturated carbocycles. The number of carbonyl (C=O) groups is 1. The average Bonchev–Trinajstić information content (AvgIpc) is 2.28. The quantitative estimate of drug-likeness (QED) is 0.781. The van der Waals surface area contributed by atoms with E-state index in [0.29, 0.717) is 13.1 Å². The molecular weight excluding hydrogens is 204 g/mol. The Balaban J connectivity index is 2.56. The van der Waals surface area contributed by atoms with Gasteiger partial charge in [0.25, 0.3) is 0 Å². The minimum atomic E-state index is -0.170. The lowest BCUT2D eigenvalue weighted by atomic mass is 9.93. The minimum Gasteiger partial charge on any atom is -0.377 e. The van der Waals surface area contributed by atoms with Crippen LogP contribution in [0.25, 0.3) is 0 Å². The molecule has 0 aromatic carbocycles. The molecule has 2 atom stereocenters. The molecule has 1 rings (SSSR count). The van der Waals surface area contributed by atoms with Crippen LogP contribution in [0.3, 0.4) is 0 Å². The van der Waals surface area contributed by atoms with Crippen molar-refractivity contribution in [2.24, 2.45) is 11.7 Å². The highest BCUT2D eigenvalue weighted by atomic mass is 16.5. The van der Waals surface area contributed by atoms with Crippen LogP contribution in [0.5, 0.6) is 0 Å². The number of hydrogen-bond acceptors (Lipinski definition) is 3. The van der Waals surface area contributed by atoms with E-state index in [0.717, 1.165) is 25.8 Å². The number of nitrogens with two attached hydrogens (primary N) is 1. The van der Waals surface area contributed by atoms with E-state index in [2.05, 4.69) is 6.92 Å². The zero-order valence-electron chi connectivity index (χ0n) is 10.7. The van der Waals surface area contributed by atoms with Crippen LogP contribution in [0, 0.1) is 5.92 Å². The van der Waals surface area contributed by atoms with Gasteiger partial charge in [-0.3, -0.25) is 4.79 Å². The van der Waals surface area contributed by atoms with Crippen LogP contribution in [0.4, 0.5) is 0 Å². The van der Waals surface area contributed by atoms with Gasteiger partial charge in [0.1, 0.15) is 0 Å². The molecular formula is C12H24N2O2. The van der Waals surface area contributed by atoms with Gasteiger partial charge in [-0.15, -0.1) is 0 Å². The molecule has 94 valence electrons. The maximum absolute atomic E-state index is 12.1. The number of ether oxygens (including phenoxy) is 1. The van der Waals surface area contributed by atoms with Crippen LogP contribution in [0.1, 0.15) is 33.1 Å². The third kappa shape index (κ3) is 3.19. The van der Waals surface area contributed by atoms with E-state index in [1.165, 1.54) is 0 Å². The van der Waals surface area contributed by atoms with Gasteiger partial charge in [-0.25, -0.2) is 0 Å². The number of amides is 1. The molecule has 1 heterocycles. The van der Waals surface area contributed by atoms with Crippen molar-refractivity contribution >= 4 is 5.91 Å². The molecule has 4 heteroatoms. The SMILES string of the molecule is COC1(C)CCCN(C(=O)C(C)CCN)C1. The molecule has 1 fully saturated rings. The van der Waals surface area contributed by atoms with Gasteiger partial charge in [-0.05, 0) is 32.7 Å².